The van der Waals surface area contributed by atoms with Crippen molar-refractivity contribution in [1.29, 1.82) is 0 Å². The number of sulfonamides is 1. The maximum Gasteiger partial charge on any atom is 0.415 e. The summed E-state index contributed by atoms with van der Waals surface area (Å²) in [6, 6.07) is 7.04. The number of nitrogens with zero attached hydrogens (tertiary/aromatic N) is 1. The maximum atomic E-state index is 12.1. The van der Waals surface area contributed by atoms with Gasteiger partial charge in [0.15, 0.2) is 6.10 Å². The molecule has 0 amide bonds. The Labute approximate surface area is 103 Å². The van der Waals surface area contributed by atoms with Crippen molar-refractivity contribution in [3.05, 3.63) is 30.3 Å². The zero-order chi connectivity index (χ0) is 14.0. The molecule has 0 bridgehead atoms. The lowest BCUT2D eigenvalue weighted by molar-refractivity contribution is -0.204. The lowest BCUT2D eigenvalue weighted by Gasteiger charge is -2.22. The van der Waals surface area contributed by atoms with Crippen LogP contribution in [0, 0.1) is 0 Å². The summed E-state index contributed by atoms with van der Waals surface area (Å²) in [5, 5.41) is 8.84. The highest BCUT2D eigenvalue weighted by atomic mass is 32.2. The number of hydrogen-bond donors (Lipinski definition) is 1. The highest BCUT2D eigenvalue weighted by molar-refractivity contribution is 7.89. The summed E-state index contributed by atoms with van der Waals surface area (Å²) in [5.74, 6) is 0. The van der Waals surface area contributed by atoms with Crippen molar-refractivity contribution in [2.75, 3.05) is 13.6 Å². The van der Waals surface area contributed by atoms with Crippen molar-refractivity contribution in [3.8, 4) is 0 Å². The van der Waals surface area contributed by atoms with E-state index in [0.717, 1.165) is 7.05 Å². The minimum absolute atomic E-state index is 0.123. The molecule has 0 radical (unpaired) electrons. The van der Waals surface area contributed by atoms with Gasteiger partial charge in [0.2, 0.25) is 10.0 Å². The van der Waals surface area contributed by atoms with E-state index in [1.165, 1.54) is 24.3 Å². The van der Waals surface area contributed by atoms with E-state index in [0.29, 0.717) is 4.31 Å². The van der Waals surface area contributed by atoms with Gasteiger partial charge in [-0.1, -0.05) is 18.2 Å². The Morgan fingerprint density at radius 3 is 2.22 bits per heavy atom. The molecule has 1 atom stereocenters. The predicted octanol–water partition coefficient (Wildman–Crippen LogP) is 1.23. The molecule has 1 N–H and O–H groups in total. The van der Waals surface area contributed by atoms with Gasteiger partial charge in [-0.25, -0.2) is 8.42 Å². The number of halogens is 3. The lowest BCUT2D eigenvalue weighted by Crippen LogP contribution is -2.41. The fourth-order valence-electron chi connectivity index (χ4n) is 1.22. The fourth-order valence-corrected chi connectivity index (χ4v) is 2.42. The van der Waals surface area contributed by atoms with Crippen molar-refractivity contribution in [2.45, 2.75) is 17.2 Å². The second kappa shape index (κ2) is 5.25. The molecule has 0 heterocycles. The fraction of sp³-hybridized carbons (Fsp3) is 0.400. The molecule has 0 saturated carbocycles. The van der Waals surface area contributed by atoms with Gasteiger partial charge < -0.3 is 5.11 Å². The molecule has 8 heteroatoms. The Morgan fingerprint density at radius 2 is 1.78 bits per heavy atom. The van der Waals surface area contributed by atoms with Gasteiger partial charge in [-0.05, 0) is 12.1 Å². The smallest absolute Gasteiger partial charge is 0.382 e. The van der Waals surface area contributed by atoms with Crippen molar-refractivity contribution in [1.82, 2.24) is 4.31 Å². The minimum atomic E-state index is -4.85. The molecule has 4 nitrogen and oxygen atoms in total. The number of hydrogen-bond acceptors (Lipinski definition) is 3. The average Bonchev–Trinajstić information content (AvgIpc) is 2.28. The van der Waals surface area contributed by atoms with Crippen LogP contribution < -0.4 is 0 Å². The number of alkyl halides is 3. The number of rotatable bonds is 4. The molecule has 0 aliphatic rings. The maximum absolute atomic E-state index is 12.1. The third kappa shape index (κ3) is 3.44. The molecule has 1 unspecified atom stereocenters. The van der Waals surface area contributed by atoms with Gasteiger partial charge in [-0.2, -0.15) is 17.5 Å². The van der Waals surface area contributed by atoms with E-state index in [1.54, 1.807) is 6.07 Å². The van der Waals surface area contributed by atoms with Gasteiger partial charge in [0, 0.05) is 13.6 Å². The van der Waals surface area contributed by atoms with Crippen molar-refractivity contribution in [3.63, 3.8) is 0 Å². The normalized spacial score (nSPS) is 14.8. The highest BCUT2D eigenvalue weighted by Gasteiger charge is 2.40. The predicted molar refractivity (Wildman–Crippen MR) is 58.3 cm³/mol. The van der Waals surface area contributed by atoms with E-state index in [4.69, 9.17) is 5.11 Å². The van der Waals surface area contributed by atoms with Crippen LogP contribution in [0.25, 0.3) is 0 Å². The number of aliphatic hydroxyl groups excluding tert-OH is 1. The monoisotopic (exact) mass is 283 g/mol. The largest absolute Gasteiger partial charge is 0.415 e. The molecule has 0 spiro atoms. The molecular formula is C10H12F3NO3S. The zero-order valence-corrected chi connectivity index (χ0v) is 10.2. The molecule has 0 fully saturated rings. The third-order valence-electron chi connectivity index (χ3n) is 2.26. The topological polar surface area (TPSA) is 57.6 Å². The molecule has 1 aromatic carbocycles. The average molecular weight is 283 g/mol. The van der Waals surface area contributed by atoms with Crippen LogP contribution in [-0.4, -0.2) is 43.7 Å². The Morgan fingerprint density at radius 1 is 1.28 bits per heavy atom. The second-order valence-electron chi connectivity index (χ2n) is 3.66. The summed E-state index contributed by atoms with van der Waals surface area (Å²) in [6.07, 6.45) is -7.55. The number of likely N-dealkylation sites (N-methyl/N-ethyl adjacent to an activating group) is 1. The Kier molecular flexibility index (Phi) is 4.36. The first kappa shape index (κ1) is 14.9. The molecule has 1 aromatic rings. The number of benzene rings is 1. The van der Waals surface area contributed by atoms with E-state index in [9.17, 15) is 21.6 Å². The summed E-state index contributed by atoms with van der Waals surface area (Å²) in [6.45, 7) is -1.04. The molecular weight excluding hydrogens is 271 g/mol. The van der Waals surface area contributed by atoms with Crippen LogP contribution in [0.3, 0.4) is 0 Å². The van der Waals surface area contributed by atoms with Crippen molar-refractivity contribution in [2.24, 2.45) is 0 Å². The quantitative estimate of drug-likeness (QED) is 0.904. The van der Waals surface area contributed by atoms with Crippen LogP contribution in [0.15, 0.2) is 35.2 Å². The molecule has 0 aliphatic carbocycles. The Bertz CT molecular complexity index is 487. The lowest BCUT2D eigenvalue weighted by atomic mass is 10.3. The number of aliphatic hydroxyl groups is 1. The van der Waals surface area contributed by atoms with E-state index in [1.807, 2.05) is 0 Å². The Hall–Kier alpha value is -1.12. The zero-order valence-electron chi connectivity index (χ0n) is 9.42. The summed E-state index contributed by atoms with van der Waals surface area (Å²) < 4.78 is 60.5. The second-order valence-corrected chi connectivity index (χ2v) is 5.70. The Balaban J connectivity index is 2.88. The van der Waals surface area contributed by atoms with Crippen LogP contribution in [0.4, 0.5) is 13.2 Å². The molecule has 0 aliphatic heterocycles. The standard InChI is InChI=1S/C10H12F3NO3S/c1-14(7-9(15)10(11,12)13)18(16,17)8-5-3-2-4-6-8/h2-6,9,15H,7H2,1H3. The summed E-state index contributed by atoms with van der Waals surface area (Å²) in [7, 11) is -3.04. The molecule has 18 heavy (non-hydrogen) atoms. The molecule has 102 valence electrons. The van der Waals surface area contributed by atoms with E-state index < -0.39 is 28.8 Å². The van der Waals surface area contributed by atoms with Crippen LogP contribution in [0.2, 0.25) is 0 Å². The molecule has 1 rings (SSSR count). The van der Waals surface area contributed by atoms with Gasteiger partial charge in [0.1, 0.15) is 0 Å². The highest BCUT2D eigenvalue weighted by Crippen LogP contribution is 2.22. The van der Waals surface area contributed by atoms with E-state index in [-0.39, 0.29) is 4.90 Å². The van der Waals surface area contributed by atoms with Crippen LogP contribution in [0.1, 0.15) is 0 Å². The van der Waals surface area contributed by atoms with Crippen molar-refractivity contribution < 1.29 is 26.7 Å². The third-order valence-corrected chi connectivity index (χ3v) is 4.10. The SMILES string of the molecule is CN(CC(O)C(F)(F)F)S(=O)(=O)c1ccccc1. The van der Waals surface area contributed by atoms with Crippen LogP contribution >= 0.6 is 0 Å². The van der Waals surface area contributed by atoms with Gasteiger partial charge in [0.05, 0.1) is 4.90 Å². The van der Waals surface area contributed by atoms with Crippen LogP contribution in [0.5, 0.6) is 0 Å². The van der Waals surface area contributed by atoms with Crippen molar-refractivity contribution >= 4 is 10.0 Å². The van der Waals surface area contributed by atoms with E-state index in [2.05, 4.69) is 0 Å². The molecule has 0 aromatic heterocycles. The summed E-state index contributed by atoms with van der Waals surface area (Å²) >= 11 is 0. The first-order valence-corrected chi connectivity index (χ1v) is 6.36. The first-order valence-electron chi connectivity index (χ1n) is 4.92. The van der Waals surface area contributed by atoms with E-state index >= 15 is 0 Å². The molecule has 0 saturated heterocycles. The van der Waals surface area contributed by atoms with Gasteiger partial charge in [-0.3, -0.25) is 0 Å². The summed E-state index contributed by atoms with van der Waals surface area (Å²) in [4.78, 5) is -0.123. The van der Waals surface area contributed by atoms with Gasteiger partial charge in [0.25, 0.3) is 0 Å². The summed E-state index contributed by atoms with van der Waals surface area (Å²) in [5.41, 5.74) is 0. The van der Waals surface area contributed by atoms with Gasteiger partial charge in [-0.15, -0.1) is 0 Å². The van der Waals surface area contributed by atoms with Crippen LogP contribution in [-0.2, 0) is 10.0 Å². The first-order chi connectivity index (χ1) is 8.15. The van der Waals surface area contributed by atoms with Gasteiger partial charge >= 0.3 is 6.18 Å². The minimum Gasteiger partial charge on any atom is -0.382 e.